The largest absolute Gasteiger partial charge is 0.389 e. The van der Waals surface area contributed by atoms with E-state index >= 15 is 0 Å². The molecule has 0 aromatic heterocycles. The van der Waals surface area contributed by atoms with Gasteiger partial charge < -0.3 is 5.11 Å². The van der Waals surface area contributed by atoms with Gasteiger partial charge in [-0.1, -0.05) is 26.0 Å². The summed E-state index contributed by atoms with van der Waals surface area (Å²) in [6.45, 7) is 4.38. The highest BCUT2D eigenvalue weighted by atomic mass is 16.3. The number of carbonyl (C=O) groups is 1. The predicted octanol–water partition coefficient (Wildman–Crippen LogP) is 4.50. The van der Waals surface area contributed by atoms with Crippen LogP contribution in [0, 0.1) is 17.3 Å². The molecule has 1 N–H and O–H groups in total. The lowest BCUT2D eigenvalue weighted by molar-refractivity contribution is -0.114. The minimum atomic E-state index is -0.530. The first-order valence-electron chi connectivity index (χ1n) is 9.43. The van der Waals surface area contributed by atoms with E-state index in [-0.39, 0.29) is 5.41 Å². The van der Waals surface area contributed by atoms with Gasteiger partial charge in [0.1, 0.15) is 0 Å². The molecule has 4 atom stereocenters. The highest BCUT2D eigenvalue weighted by Crippen LogP contribution is 2.63. The smallest absolute Gasteiger partial charge is 0.156 e. The summed E-state index contributed by atoms with van der Waals surface area (Å²) in [5.74, 6) is 1.46. The minimum Gasteiger partial charge on any atom is -0.389 e. The fourth-order valence-electron chi connectivity index (χ4n) is 6.17. The Kier molecular flexibility index (Phi) is 3.46. The van der Waals surface area contributed by atoms with Crippen molar-refractivity contribution in [3.63, 3.8) is 0 Å². The first kappa shape index (κ1) is 15.4. The van der Waals surface area contributed by atoms with Crippen molar-refractivity contribution in [1.29, 1.82) is 0 Å². The summed E-state index contributed by atoms with van der Waals surface area (Å²) in [5.41, 5.74) is 3.67. The fourth-order valence-corrected chi connectivity index (χ4v) is 6.17. The Labute approximate surface area is 139 Å². The number of ketones is 1. The van der Waals surface area contributed by atoms with E-state index in [9.17, 15) is 9.90 Å². The van der Waals surface area contributed by atoms with Gasteiger partial charge in [0.15, 0.2) is 5.78 Å². The van der Waals surface area contributed by atoms with E-state index in [0.29, 0.717) is 24.0 Å². The van der Waals surface area contributed by atoms with Crippen LogP contribution < -0.4 is 0 Å². The first-order valence-corrected chi connectivity index (χ1v) is 9.43. The van der Waals surface area contributed by atoms with Crippen LogP contribution >= 0.6 is 0 Å². The van der Waals surface area contributed by atoms with Gasteiger partial charge in [0.25, 0.3) is 0 Å². The summed E-state index contributed by atoms with van der Waals surface area (Å²) in [5, 5.41) is 11.3. The Morgan fingerprint density at radius 3 is 2.74 bits per heavy atom. The topological polar surface area (TPSA) is 37.3 Å². The monoisotopic (exact) mass is 312 g/mol. The number of rotatable bonds is 2. The van der Waals surface area contributed by atoms with Crippen molar-refractivity contribution in [3.05, 3.63) is 34.9 Å². The van der Waals surface area contributed by atoms with Crippen LogP contribution in [0.5, 0.6) is 0 Å². The van der Waals surface area contributed by atoms with Gasteiger partial charge in [0.05, 0.1) is 5.60 Å². The second-order valence-corrected chi connectivity index (χ2v) is 7.97. The second kappa shape index (κ2) is 5.17. The van der Waals surface area contributed by atoms with Crippen LogP contribution in [-0.2, 0) is 4.79 Å². The van der Waals surface area contributed by atoms with Crippen LogP contribution in [0.2, 0.25) is 0 Å². The molecule has 4 rings (SSSR count). The molecule has 0 radical (unpaired) electrons. The highest BCUT2D eigenvalue weighted by molar-refractivity contribution is 5.93. The van der Waals surface area contributed by atoms with Gasteiger partial charge in [-0.15, -0.1) is 0 Å². The summed E-state index contributed by atoms with van der Waals surface area (Å²) in [7, 11) is 0. The number of fused-ring (bicyclic) bond motifs is 4. The Morgan fingerprint density at radius 2 is 2.00 bits per heavy atom. The maximum atomic E-state index is 11.7. The van der Waals surface area contributed by atoms with Crippen LogP contribution in [0.3, 0.4) is 0 Å². The molecule has 0 aromatic rings. The molecule has 1 saturated carbocycles. The summed E-state index contributed by atoms with van der Waals surface area (Å²) in [6, 6.07) is 0. The Bertz CT molecular complexity index is 638. The van der Waals surface area contributed by atoms with Crippen molar-refractivity contribution in [2.45, 2.75) is 70.8 Å². The van der Waals surface area contributed by atoms with Crippen molar-refractivity contribution in [2.24, 2.45) is 17.3 Å². The predicted molar refractivity (Wildman–Crippen MR) is 91.9 cm³/mol. The second-order valence-electron chi connectivity index (χ2n) is 7.97. The van der Waals surface area contributed by atoms with Gasteiger partial charge in [-0.05, 0) is 79.6 Å². The molecular formula is C21H28O2. The molecule has 4 aliphatic rings. The molecule has 124 valence electrons. The quantitative estimate of drug-likeness (QED) is 0.815. The van der Waals surface area contributed by atoms with Crippen molar-refractivity contribution >= 4 is 5.78 Å². The van der Waals surface area contributed by atoms with Crippen LogP contribution in [0.1, 0.15) is 65.2 Å². The average Bonchev–Trinajstić information content (AvgIpc) is 2.88. The van der Waals surface area contributed by atoms with Crippen molar-refractivity contribution in [2.75, 3.05) is 0 Å². The lowest BCUT2D eigenvalue weighted by Crippen LogP contribution is -2.48. The number of hydrogen-bond acceptors (Lipinski definition) is 2. The number of allylic oxidation sites excluding steroid dienone is 5. The molecule has 2 nitrogen and oxygen atoms in total. The number of hydrogen-bond donors (Lipinski definition) is 1. The highest BCUT2D eigenvalue weighted by Gasteiger charge is 2.59. The summed E-state index contributed by atoms with van der Waals surface area (Å²) < 4.78 is 0. The van der Waals surface area contributed by atoms with Gasteiger partial charge in [0.2, 0.25) is 0 Å². The van der Waals surface area contributed by atoms with Crippen LogP contribution in [0.4, 0.5) is 0 Å². The third kappa shape index (κ3) is 1.94. The van der Waals surface area contributed by atoms with Crippen LogP contribution in [0.15, 0.2) is 34.9 Å². The molecule has 0 bridgehead atoms. The minimum absolute atomic E-state index is 0.0395. The number of aliphatic hydroxyl groups is 1. The zero-order chi connectivity index (χ0) is 16.2. The lowest BCUT2D eigenvalue weighted by Gasteiger charge is -2.50. The molecule has 4 aliphatic carbocycles. The third-order valence-electron chi connectivity index (χ3n) is 7.43. The summed E-state index contributed by atoms with van der Waals surface area (Å²) in [6.07, 6.45) is 14.3. The molecule has 0 spiro atoms. The van der Waals surface area contributed by atoms with E-state index in [1.165, 1.54) is 16.7 Å². The summed E-state index contributed by atoms with van der Waals surface area (Å²) >= 11 is 0. The van der Waals surface area contributed by atoms with E-state index in [1.807, 2.05) is 6.08 Å². The van der Waals surface area contributed by atoms with E-state index in [1.54, 1.807) is 0 Å². The zero-order valence-corrected chi connectivity index (χ0v) is 14.4. The van der Waals surface area contributed by atoms with Crippen molar-refractivity contribution in [3.8, 4) is 0 Å². The number of carbonyl (C=O) groups excluding carboxylic acids is 1. The standard InChI is InChI=1S/C21H28O2/c1-3-20-11-9-17-16-8-6-15(22)13-14(16)5-7-18(17)19(20)10-12-21(20,23)4-2/h9,11,13,18-19,23H,3-8,10,12H2,1-2H3/t18-,19+,20-,21-/m0/s1. The van der Waals surface area contributed by atoms with Gasteiger partial charge in [-0.25, -0.2) is 0 Å². The molecule has 0 aliphatic heterocycles. The Balaban J connectivity index is 1.83. The SMILES string of the molecule is CC[C@]1(O)CC[C@@H]2[C@H]3CCC4=CC(=O)CCC4=C3C=C[C@@]21CC. The molecule has 0 saturated heterocycles. The van der Waals surface area contributed by atoms with Gasteiger partial charge in [-0.2, -0.15) is 0 Å². The first-order chi connectivity index (χ1) is 11.0. The molecule has 23 heavy (non-hydrogen) atoms. The van der Waals surface area contributed by atoms with Crippen molar-refractivity contribution in [1.82, 2.24) is 0 Å². The van der Waals surface area contributed by atoms with E-state index < -0.39 is 5.60 Å². The zero-order valence-electron chi connectivity index (χ0n) is 14.4. The Hall–Kier alpha value is -1.15. The fraction of sp³-hybridized carbons (Fsp3) is 0.667. The summed E-state index contributed by atoms with van der Waals surface area (Å²) in [4.78, 5) is 11.7. The maximum absolute atomic E-state index is 11.7. The normalized spacial score (nSPS) is 42.2. The van der Waals surface area contributed by atoms with E-state index in [0.717, 1.165) is 44.9 Å². The molecule has 0 heterocycles. The third-order valence-corrected chi connectivity index (χ3v) is 7.43. The average molecular weight is 312 g/mol. The molecular weight excluding hydrogens is 284 g/mol. The van der Waals surface area contributed by atoms with Gasteiger partial charge >= 0.3 is 0 Å². The Morgan fingerprint density at radius 1 is 1.17 bits per heavy atom. The van der Waals surface area contributed by atoms with Gasteiger partial charge in [-0.3, -0.25) is 4.79 Å². The van der Waals surface area contributed by atoms with Gasteiger partial charge in [0, 0.05) is 11.8 Å². The van der Waals surface area contributed by atoms with Crippen LogP contribution in [-0.4, -0.2) is 16.5 Å². The maximum Gasteiger partial charge on any atom is 0.156 e. The van der Waals surface area contributed by atoms with E-state index in [4.69, 9.17) is 0 Å². The lowest BCUT2D eigenvalue weighted by atomic mass is 9.56. The van der Waals surface area contributed by atoms with Crippen molar-refractivity contribution < 1.29 is 9.90 Å². The molecule has 0 unspecified atom stereocenters. The molecule has 2 heteroatoms. The molecule has 1 fully saturated rings. The van der Waals surface area contributed by atoms with E-state index in [2.05, 4.69) is 26.0 Å². The molecule has 0 aromatic carbocycles. The molecule has 0 amide bonds. The van der Waals surface area contributed by atoms with Crippen LogP contribution in [0.25, 0.3) is 0 Å².